The third-order valence-corrected chi connectivity index (χ3v) is 13.1. The molecule has 3 aromatic carbocycles. The molecule has 3 atom stereocenters. The first-order valence-corrected chi connectivity index (χ1v) is 25.7. The van der Waals surface area contributed by atoms with Crippen molar-refractivity contribution >= 4 is 81.2 Å². The SMILES string of the molecule is O=C(O)CCC[C@H](OC(=O)N[C@@H](CCCCNC(=O)[C@H](Cc1c2ccccc2cc2ccccc12)NC(=O)C1CCC(CNC(=O)CNCCN(CCN(CCNCC(=O)O)CC(=O)O)CC(=O)O)CC1)C(=O)O)C(=O)O. The summed E-state index contributed by atoms with van der Waals surface area (Å²) in [6, 6.07) is 15.1. The van der Waals surface area contributed by atoms with Crippen LogP contribution in [0.5, 0.6) is 0 Å². The van der Waals surface area contributed by atoms with Crippen LogP contribution in [0.2, 0.25) is 0 Å². The number of unbranched alkanes of at least 4 members (excludes halogenated alkanes) is 1. The molecule has 12 N–H and O–H groups in total. The van der Waals surface area contributed by atoms with Crippen molar-refractivity contribution < 1.29 is 83.3 Å². The zero-order valence-electron chi connectivity index (χ0n) is 42.9. The van der Waals surface area contributed by atoms with Gasteiger partial charge in [0.25, 0.3) is 0 Å². The standard InChI is InChI=1S/C52H72N8O17/c61-43(29-53-20-22-59(31-46(66)67)24-25-60(32-47(68)69)23-21-54-30-45(64)65)56-28-33-15-17-34(18-16-33)48(70)57-41(27-39-37-10-3-1-8-35(37)26-36-9-2-4-11-38(36)39)49(71)55-19-6-5-12-40(50(72)73)58-52(76)77-42(51(74)75)13-7-14-44(62)63/h1-4,8-11,26,33-34,40-42,53-54H,5-7,12-25,27-32H2,(H,55,71)(H,56,61)(H,57,70)(H,58,76)(H,62,63)(H,64,65)(H,66,67)(H,68,69)(H,72,73)(H,74,75)/t33?,34?,40-,41-,42-/m0/s1. The Hall–Kier alpha value is -7.48. The Kier molecular flexibility index (Phi) is 26.5. The van der Waals surface area contributed by atoms with Gasteiger partial charge in [-0.05, 0) is 96.9 Å². The number of alkyl carbamates (subject to hydrolysis) is 1. The summed E-state index contributed by atoms with van der Waals surface area (Å²) in [6.45, 7) is 0.911. The predicted octanol–water partition coefficient (Wildman–Crippen LogP) is 1.15. The fraction of sp³-hybridized carbons (Fsp3) is 0.538. The van der Waals surface area contributed by atoms with E-state index in [-0.39, 0.29) is 135 Å². The third-order valence-electron chi connectivity index (χ3n) is 13.1. The van der Waals surface area contributed by atoms with Gasteiger partial charge in [-0.2, -0.15) is 0 Å². The van der Waals surface area contributed by atoms with E-state index in [0.717, 1.165) is 27.1 Å². The number of carbonyl (C=O) groups is 10. The summed E-state index contributed by atoms with van der Waals surface area (Å²) in [6.07, 6.45) is -0.901. The predicted molar refractivity (Wildman–Crippen MR) is 278 cm³/mol. The molecule has 0 radical (unpaired) electrons. The van der Waals surface area contributed by atoms with Gasteiger partial charge in [0.05, 0.1) is 26.2 Å². The summed E-state index contributed by atoms with van der Waals surface area (Å²) >= 11 is 0. The molecule has 25 nitrogen and oxygen atoms in total. The van der Waals surface area contributed by atoms with E-state index < -0.39 is 71.9 Å². The highest BCUT2D eigenvalue weighted by atomic mass is 16.6. The van der Waals surface area contributed by atoms with Gasteiger partial charge in [-0.25, -0.2) is 14.4 Å². The smallest absolute Gasteiger partial charge is 0.408 e. The van der Waals surface area contributed by atoms with Crippen LogP contribution in [-0.4, -0.2) is 197 Å². The first-order valence-electron chi connectivity index (χ1n) is 25.7. The number of rotatable bonds is 37. The van der Waals surface area contributed by atoms with Crippen molar-refractivity contribution in [2.24, 2.45) is 11.8 Å². The van der Waals surface area contributed by atoms with E-state index in [0.29, 0.717) is 32.2 Å². The van der Waals surface area contributed by atoms with E-state index in [4.69, 9.17) is 14.9 Å². The van der Waals surface area contributed by atoms with Crippen LogP contribution < -0.4 is 31.9 Å². The number of nitrogens with one attached hydrogen (secondary N) is 6. The van der Waals surface area contributed by atoms with Gasteiger partial charge in [0.15, 0.2) is 0 Å². The minimum atomic E-state index is -1.68. The van der Waals surface area contributed by atoms with Crippen molar-refractivity contribution in [2.45, 2.75) is 88.8 Å². The number of carbonyl (C=O) groups excluding carboxylic acids is 4. The quantitative estimate of drug-likeness (QED) is 0.0285. The van der Waals surface area contributed by atoms with Crippen LogP contribution in [0.4, 0.5) is 4.79 Å². The first kappa shape index (κ1) is 62.1. The maximum Gasteiger partial charge on any atom is 0.408 e. The normalized spacial score (nSPS) is 15.5. The number of hydrogen-bond acceptors (Lipinski definition) is 15. The average Bonchev–Trinajstić information content (AvgIpc) is 3.39. The van der Waals surface area contributed by atoms with Crippen molar-refractivity contribution in [3.8, 4) is 0 Å². The van der Waals surface area contributed by atoms with Crippen molar-refractivity contribution in [1.82, 2.24) is 41.7 Å². The second-order valence-electron chi connectivity index (χ2n) is 19.0. The van der Waals surface area contributed by atoms with Crippen LogP contribution in [0.25, 0.3) is 21.5 Å². The van der Waals surface area contributed by atoms with E-state index >= 15 is 0 Å². The Bertz CT molecular complexity index is 2450. The summed E-state index contributed by atoms with van der Waals surface area (Å²) in [4.78, 5) is 125. The van der Waals surface area contributed by atoms with Gasteiger partial charge in [-0.15, -0.1) is 0 Å². The molecule has 1 fully saturated rings. The molecule has 25 heteroatoms. The Morgan fingerprint density at radius 1 is 0.584 bits per heavy atom. The van der Waals surface area contributed by atoms with Crippen molar-refractivity contribution in [1.29, 1.82) is 0 Å². The third kappa shape index (κ3) is 23.1. The topological polar surface area (TPSA) is 380 Å². The van der Waals surface area contributed by atoms with Crippen LogP contribution in [0, 0.1) is 11.8 Å². The van der Waals surface area contributed by atoms with Gasteiger partial charge < -0.3 is 67.3 Å². The highest BCUT2D eigenvalue weighted by molar-refractivity contribution is 6.03. The summed E-state index contributed by atoms with van der Waals surface area (Å²) < 4.78 is 4.87. The molecule has 422 valence electrons. The molecule has 4 amide bonds. The molecule has 0 heterocycles. The highest BCUT2D eigenvalue weighted by Crippen LogP contribution is 2.31. The first-order chi connectivity index (χ1) is 36.8. The number of nitrogens with zero attached hydrogens (tertiary/aromatic N) is 2. The van der Waals surface area contributed by atoms with E-state index in [9.17, 15) is 68.4 Å². The minimum absolute atomic E-state index is 0.0402. The molecule has 0 aromatic heterocycles. The molecule has 0 unspecified atom stereocenters. The molecular formula is C52H72N8O17. The molecule has 0 bridgehead atoms. The van der Waals surface area contributed by atoms with E-state index in [2.05, 4.69) is 38.0 Å². The van der Waals surface area contributed by atoms with Crippen molar-refractivity contribution in [3.05, 3.63) is 60.2 Å². The lowest BCUT2D eigenvalue weighted by molar-refractivity contribution is -0.148. The number of amides is 4. The van der Waals surface area contributed by atoms with Crippen LogP contribution in [0.15, 0.2) is 54.6 Å². The summed E-state index contributed by atoms with van der Waals surface area (Å²) in [5.74, 6) is -8.65. The van der Waals surface area contributed by atoms with Crippen molar-refractivity contribution in [2.75, 3.05) is 78.5 Å². The minimum Gasteiger partial charge on any atom is -0.481 e. The molecule has 3 aromatic rings. The molecule has 4 rings (SSSR count). The molecule has 1 saturated carbocycles. The lowest BCUT2D eigenvalue weighted by atomic mass is 9.81. The van der Waals surface area contributed by atoms with Gasteiger partial charge in [-0.3, -0.25) is 43.4 Å². The lowest BCUT2D eigenvalue weighted by Crippen LogP contribution is -2.50. The summed E-state index contributed by atoms with van der Waals surface area (Å²) in [7, 11) is 0. The lowest BCUT2D eigenvalue weighted by Gasteiger charge is -2.29. The number of fused-ring (bicyclic) bond motifs is 2. The van der Waals surface area contributed by atoms with Crippen molar-refractivity contribution in [3.63, 3.8) is 0 Å². The Balaban J connectivity index is 1.28. The van der Waals surface area contributed by atoms with Crippen LogP contribution >= 0.6 is 0 Å². The van der Waals surface area contributed by atoms with E-state index in [1.807, 2.05) is 48.5 Å². The van der Waals surface area contributed by atoms with Gasteiger partial charge in [-0.1, -0.05) is 48.5 Å². The summed E-state index contributed by atoms with van der Waals surface area (Å²) in [5.41, 5.74) is 0.862. The molecule has 0 saturated heterocycles. The highest BCUT2D eigenvalue weighted by Gasteiger charge is 2.31. The molecule has 0 aliphatic heterocycles. The monoisotopic (exact) mass is 1080 g/mol. The van der Waals surface area contributed by atoms with E-state index in [1.165, 1.54) is 0 Å². The largest absolute Gasteiger partial charge is 0.481 e. The Labute approximate surface area is 444 Å². The zero-order chi connectivity index (χ0) is 56.3. The molecule has 0 spiro atoms. The fourth-order valence-electron chi connectivity index (χ4n) is 9.10. The van der Waals surface area contributed by atoms with Gasteiger partial charge in [0.1, 0.15) is 12.1 Å². The van der Waals surface area contributed by atoms with Gasteiger partial charge in [0, 0.05) is 71.1 Å². The molecule has 1 aliphatic rings. The number of hydrogen-bond donors (Lipinski definition) is 12. The molecule has 1 aliphatic carbocycles. The Morgan fingerprint density at radius 2 is 1.17 bits per heavy atom. The zero-order valence-corrected chi connectivity index (χ0v) is 42.9. The van der Waals surface area contributed by atoms with Gasteiger partial charge in [0.2, 0.25) is 23.8 Å². The number of benzene rings is 3. The number of carboxylic acid groups (broad SMARTS) is 6. The van der Waals surface area contributed by atoms with Gasteiger partial charge >= 0.3 is 41.9 Å². The molecular weight excluding hydrogens is 1010 g/mol. The fourth-order valence-corrected chi connectivity index (χ4v) is 9.10. The maximum atomic E-state index is 14.1. The number of ether oxygens (including phenoxy) is 1. The van der Waals surface area contributed by atoms with Crippen LogP contribution in [-0.2, 0) is 54.3 Å². The summed E-state index contributed by atoms with van der Waals surface area (Å²) in [5, 5.41) is 75.9. The average molecular weight is 1080 g/mol. The number of aliphatic carboxylic acids is 6. The van der Waals surface area contributed by atoms with Crippen LogP contribution in [0.3, 0.4) is 0 Å². The Morgan fingerprint density at radius 3 is 1.71 bits per heavy atom. The number of carboxylic acids is 6. The maximum absolute atomic E-state index is 14.1. The molecule has 77 heavy (non-hydrogen) atoms. The second-order valence-corrected chi connectivity index (χ2v) is 19.0. The van der Waals surface area contributed by atoms with Crippen LogP contribution in [0.1, 0.15) is 69.8 Å². The van der Waals surface area contributed by atoms with E-state index in [1.54, 1.807) is 9.80 Å². The second kappa shape index (κ2) is 32.8.